The molecule has 1 unspecified atom stereocenters. The number of hydrogen-bond donors (Lipinski definition) is 0. The van der Waals surface area contributed by atoms with Crippen LogP contribution >= 0.6 is 0 Å². The highest BCUT2D eigenvalue weighted by Gasteiger charge is 2.28. The number of benzene rings is 2. The minimum atomic E-state index is 0.667. The largest absolute Gasteiger partial charge is 0.0761 e. The van der Waals surface area contributed by atoms with Crippen molar-refractivity contribution in [3.8, 4) is 0 Å². The van der Waals surface area contributed by atoms with E-state index in [0.717, 1.165) is 12.3 Å². The standard InChI is InChI=1S/C26H26/c1-18-6-8-19(9-7-18)21-10-11-22(16-21)23-12-14-26-24(17-23)13-15-25(26)20-4-2-3-5-20/h6-10,12-17,20,25H,2-5,11H2,1H3. The first-order valence-corrected chi connectivity index (χ1v) is 10.1. The van der Waals surface area contributed by atoms with Crippen LogP contribution in [0.2, 0.25) is 0 Å². The smallest absolute Gasteiger partial charge is 0.00555 e. The summed E-state index contributed by atoms with van der Waals surface area (Å²) in [7, 11) is 0. The van der Waals surface area contributed by atoms with Gasteiger partial charge in [-0.1, -0.05) is 79.1 Å². The Labute approximate surface area is 157 Å². The predicted molar refractivity (Wildman–Crippen MR) is 112 cm³/mol. The molecule has 0 heteroatoms. The Morgan fingerprint density at radius 2 is 1.65 bits per heavy atom. The molecule has 5 rings (SSSR count). The van der Waals surface area contributed by atoms with Crippen LogP contribution in [0.25, 0.3) is 17.2 Å². The molecule has 130 valence electrons. The fraction of sp³-hybridized carbons (Fsp3) is 0.308. The first kappa shape index (κ1) is 15.9. The van der Waals surface area contributed by atoms with Crippen LogP contribution in [0, 0.1) is 12.8 Å². The summed E-state index contributed by atoms with van der Waals surface area (Å²) in [5, 5.41) is 0. The highest BCUT2D eigenvalue weighted by molar-refractivity contribution is 5.90. The minimum Gasteiger partial charge on any atom is -0.0761 e. The lowest BCUT2D eigenvalue weighted by atomic mass is 9.86. The molecule has 0 saturated heterocycles. The normalized spacial score (nSPS) is 21.8. The average Bonchev–Trinajstić information content (AvgIpc) is 3.41. The van der Waals surface area contributed by atoms with E-state index in [-0.39, 0.29) is 0 Å². The van der Waals surface area contributed by atoms with Gasteiger partial charge in [-0.2, -0.15) is 0 Å². The maximum atomic E-state index is 2.46. The SMILES string of the molecule is Cc1ccc(C2=CCC(c3ccc4c(c3)C=CC4C3CCCC3)=C2)cc1. The molecular formula is C26H26. The Hall–Kier alpha value is -2.34. The van der Waals surface area contributed by atoms with Crippen LogP contribution in [0.1, 0.15) is 65.8 Å². The van der Waals surface area contributed by atoms with Crippen molar-refractivity contribution in [3.05, 3.63) is 88.5 Å². The predicted octanol–water partition coefficient (Wildman–Crippen LogP) is 7.17. The molecule has 1 fully saturated rings. The minimum absolute atomic E-state index is 0.667. The van der Waals surface area contributed by atoms with E-state index in [2.05, 4.69) is 73.7 Å². The maximum Gasteiger partial charge on any atom is 0.00555 e. The molecule has 26 heavy (non-hydrogen) atoms. The molecule has 0 bridgehead atoms. The van der Waals surface area contributed by atoms with E-state index in [4.69, 9.17) is 0 Å². The fourth-order valence-electron chi connectivity index (χ4n) is 4.93. The third-order valence-electron chi connectivity index (χ3n) is 6.46. The summed E-state index contributed by atoms with van der Waals surface area (Å²) in [6, 6.07) is 16.0. The van der Waals surface area contributed by atoms with E-state index in [1.54, 1.807) is 5.56 Å². The van der Waals surface area contributed by atoms with E-state index in [1.807, 2.05) is 0 Å². The zero-order valence-corrected chi connectivity index (χ0v) is 15.5. The molecule has 0 amide bonds. The molecule has 3 aliphatic rings. The van der Waals surface area contributed by atoms with Gasteiger partial charge in [0.05, 0.1) is 0 Å². The van der Waals surface area contributed by atoms with Crippen molar-refractivity contribution in [2.24, 2.45) is 5.92 Å². The Kier molecular flexibility index (Phi) is 3.93. The van der Waals surface area contributed by atoms with Gasteiger partial charge in [-0.3, -0.25) is 0 Å². The van der Waals surface area contributed by atoms with Gasteiger partial charge >= 0.3 is 0 Å². The Bertz CT molecular complexity index is 915. The summed E-state index contributed by atoms with van der Waals surface area (Å²) in [5.74, 6) is 1.54. The maximum absolute atomic E-state index is 2.46. The van der Waals surface area contributed by atoms with E-state index in [1.165, 1.54) is 59.1 Å². The van der Waals surface area contributed by atoms with Gasteiger partial charge in [0.2, 0.25) is 0 Å². The van der Waals surface area contributed by atoms with Crippen LogP contribution in [0.5, 0.6) is 0 Å². The molecule has 0 aromatic heterocycles. The molecule has 0 aliphatic heterocycles. The van der Waals surface area contributed by atoms with Gasteiger partial charge in [0.1, 0.15) is 0 Å². The van der Waals surface area contributed by atoms with Gasteiger partial charge in [0.15, 0.2) is 0 Å². The zero-order chi connectivity index (χ0) is 17.5. The molecule has 2 aromatic carbocycles. The van der Waals surface area contributed by atoms with Crippen molar-refractivity contribution >= 4 is 17.2 Å². The Balaban J connectivity index is 1.40. The Morgan fingerprint density at radius 3 is 2.46 bits per heavy atom. The average molecular weight is 338 g/mol. The van der Waals surface area contributed by atoms with Crippen molar-refractivity contribution in [1.82, 2.24) is 0 Å². The van der Waals surface area contributed by atoms with Crippen molar-refractivity contribution in [2.45, 2.75) is 44.9 Å². The lowest BCUT2D eigenvalue weighted by Crippen LogP contribution is -2.05. The zero-order valence-electron chi connectivity index (χ0n) is 15.5. The summed E-state index contributed by atoms with van der Waals surface area (Å²) < 4.78 is 0. The molecule has 2 aromatic rings. The van der Waals surface area contributed by atoms with Gasteiger partial charge < -0.3 is 0 Å². The van der Waals surface area contributed by atoms with Crippen molar-refractivity contribution in [3.63, 3.8) is 0 Å². The third kappa shape index (κ3) is 2.78. The molecule has 0 heterocycles. The second kappa shape index (κ2) is 6.43. The summed E-state index contributed by atoms with van der Waals surface area (Å²) >= 11 is 0. The van der Waals surface area contributed by atoms with E-state index in [9.17, 15) is 0 Å². The molecule has 0 radical (unpaired) electrons. The monoisotopic (exact) mass is 338 g/mol. The van der Waals surface area contributed by atoms with Gasteiger partial charge in [-0.25, -0.2) is 0 Å². The van der Waals surface area contributed by atoms with Crippen LogP contribution in [0.3, 0.4) is 0 Å². The lowest BCUT2D eigenvalue weighted by molar-refractivity contribution is 0.498. The first-order chi connectivity index (χ1) is 12.8. The second-order valence-corrected chi connectivity index (χ2v) is 8.17. The Morgan fingerprint density at radius 1 is 0.885 bits per heavy atom. The van der Waals surface area contributed by atoms with Crippen molar-refractivity contribution < 1.29 is 0 Å². The van der Waals surface area contributed by atoms with Crippen LogP contribution in [-0.2, 0) is 0 Å². The number of rotatable bonds is 3. The quantitative estimate of drug-likeness (QED) is 0.556. The number of fused-ring (bicyclic) bond motifs is 1. The van der Waals surface area contributed by atoms with E-state index < -0.39 is 0 Å². The number of allylic oxidation sites excluding steroid dienone is 5. The van der Waals surface area contributed by atoms with Gasteiger partial charge in [-0.15, -0.1) is 0 Å². The van der Waals surface area contributed by atoms with Crippen LogP contribution in [-0.4, -0.2) is 0 Å². The summed E-state index contributed by atoms with van der Waals surface area (Å²) in [4.78, 5) is 0. The third-order valence-corrected chi connectivity index (χ3v) is 6.46. The van der Waals surface area contributed by atoms with Crippen molar-refractivity contribution in [2.75, 3.05) is 0 Å². The van der Waals surface area contributed by atoms with Crippen LogP contribution in [0.15, 0.2) is 60.7 Å². The molecule has 1 saturated carbocycles. The molecule has 0 N–H and O–H groups in total. The van der Waals surface area contributed by atoms with Crippen LogP contribution < -0.4 is 0 Å². The summed E-state index contributed by atoms with van der Waals surface area (Å²) in [6.45, 7) is 2.14. The summed E-state index contributed by atoms with van der Waals surface area (Å²) in [5.41, 5.74) is 9.85. The highest BCUT2D eigenvalue weighted by atomic mass is 14.3. The molecule has 0 nitrogen and oxygen atoms in total. The second-order valence-electron chi connectivity index (χ2n) is 8.17. The lowest BCUT2D eigenvalue weighted by Gasteiger charge is -2.18. The molecule has 0 spiro atoms. The van der Waals surface area contributed by atoms with E-state index in [0.29, 0.717) is 5.92 Å². The topological polar surface area (TPSA) is 0 Å². The first-order valence-electron chi connectivity index (χ1n) is 10.1. The summed E-state index contributed by atoms with van der Waals surface area (Å²) in [6.07, 6.45) is 16.3. The van der Waals surface area contributed by atoms with Crippen molar-refractivity contribution in [1.29, 1.82) is 0 Å². The number of aryl methyl sites for hydroxylation is 1. The van der Waals surface area contributed by atoms with Gasteiger partial charge in [0.25, 0.3) is 0 Å². The molecule has 3 aliphatic carbocycles. The van der Waals surface area contributed by atoms with E-state index >= 15 is 0 Å². The molecular weight excluding hydrogens is 312 g/mol. The van der Waals surface area contributed by atoms with Crippen LogP contribution in [0.4, 0.5) is 0 Å². The van der Waals surface area contributed by atoms with Gasteiger partial charge in [-0.05, 0) is 71.6 Å². The highest BCUT2D eigenvalue weighted by Crippen LogP contribution is 2.44. The molecule has 1 atom stereocenters. The van der Waals surface area contributed by atoms with Gasteiger partial charge in [0, 0.05) is 5.92 Å². The fourth-order valence-corrected chi connectivity index (χ4v) is 4.93. The number of hydrogen-bond acceptors (Lipinski definition) is 0.